The number of nitrogens with one attached hydrogen (secondary N) is 2. The van der Waals surface area contributed by atoms with E-state index in [2.05, 4.69) is 37.5 Å². The van der Waals surface area contributed by atoms with Crippen LogP contribution in [0.3, 0.4) is 0 Å². The fraction of sp³-hybridized carbons (Fsp3) is 0.160. The third-order valence-corrected chi connectivity index (χ3v) is 5.83. The molecule has 5 aromatic rings. The Labute approximate surface area is 194 Å². The van der Waals surface area contributed by atoms with Crippen molar-refractivity contribution in [3.63, 3.8) is 0 Å². The fourth-order valence-electron chi connectivity index (χ4n) is 4.02. The number of amides is 1. The fourth-order valence-corrected chi connectivity index (χ4v) is 4.02. The number of nitrogens with zero attached hydrogens (tertiary/aromatic N) is 5. The Bertz CT molecular complexity index is 1510. The van der Waals surface area contributed by atoms with Gasteiger partial charge in [-0.3, -0.25) is 14.2 Å². The number of anilines is 1. The van der Waals surface area contributed by atoms with Crippen LogP contribution in [0.5, 0.6) is 0 Å². The summed E-state index contributed by atoms with van der Waals surface area (Å²) in [4.78, 5) is 29.6. The predicted molar refractivity (Wildman–Crippen MR) is 128 cm³/mol. The lowest BCUT2D eigenvalue weighted by Crippen LogP contribution is -2.18. The van der Waals surface area contributed by atoms with Gasteiger partial charge in [0.25, 0.3) is 5.91 Å². The van der Waals surface area contributed by atoms with Crippen LogP contribution in [-0.2, 0) is 0 Å². The summed E-state index contributed by atoms with van der Waals surface area (Å²) in [7, 11) is 1.62. The van der Waals surface area contributed by atoms with Gasteiger partial charge in [0.2, 0.25) is 5.95 Å². The van der Waals surface area contributed by atoms with E-state index in [0.29, 0.717) is 29.3 Å². The van der Waals surface area contributed by atoms with Crippen molar-refractivity contribution >= 4 is 28.3 Å². The molecule has 0 bridgehead atoms. The summed E-state index contributed by atoms with van der Waals surface area (Å²) in [5.41, 5.74) is 4.48. The molecule has 34 heavy (non-hydrogen) atoms. The maximum Gasteiger partial charge on any atom is 0.251 e. The molecule has 0 aliphatic heterocycles. The molecule has 2 N–H and O–H groups in total. The highest BCUT2D eigenvalue weighted by atomic mass is 19.1. The smallest absolute Gasteiger partial charge is 0.251 e. The van der Waals surface area contributed by atoms with Crippen molar-refractivity contribution < 1.29 is 9.18 Å². The van der Waals surface area contributed by atoms with Crippen molar-refractivity contribution in [2.75, 3.05) is 18.9 Å². The van der Waals surface area contributed by atoms with Crippen LogP contribution in [-0.4, -0.2) is 43.8 Å². The SMILES string of the molecule is CNC(=O)c1ccnc2c(C(C)CNc3cc(-c4ccn5c(F)cnc5c4)ncn3)cccc12. The van der Waals surface area contributed by atoms with Crippen molar-refractivity contribution in [1.82, 2.24) is 29.7 Å². The first-order chi connectivity index (χ1) is 16.5. The summed E-state index contributed by atoms with van der Waals surface area (Å²) in [6.07, 6.45) is 5.97. The first-order valence-electron chi connectivity index (χ1n) is 10.8. The zero-order valence-corrected chi connectivity index (χ0v) is 18.7. The molecule has 0 aliphatic rings. The van der Waals surface area contributed by atoms with Crippen LogP contribution in [0.2, 0.25) is 0 Å². The Morgan fingerprint density at radius 1 is 1.12 bits per heavy atom. The van der Waals surface area contributed by atoms with Crippen molar-refractivity contribution in [3.8, 4) is 11.3 Å². The molecule has 0 saturated heterocycles. The number of benzene rings is 1. The van der Waals surface area contributed by atoms with Gasteiger partial charge < -0.3 is 10.6 Å². The summed E-state index contributed by atoms with van der Waals surface area (Å²) in [5, 5.41) is 6.87. The lowest BCUT2D eigenvalue weighted by atomic mass is 9.96. The van der Waals surface area contributed by atoms with E-state index in [1.807, 2.05) is 24.3 Å². The summed E-state index contributed by atoms with van der Waals surface area (Å²) >= 11 is 0. The molecule has 1 unspecified atom stereocenters. The van der Waals surface area contributed by atoms with Crippen molar-refractivity contribution in [2.24, 2.45) is 0 Å². The van der Waals surface area contributed by atoms with Crippen LogP contribution >= 0.6 is 0 Å². The van der Waals surface area contributed by atoms with E-state index >= 15 is 0 Å². The Balaban J connectivity index is 1.37. The number of imidazole rings is 1. The second kappa shape index (κ2) is 8.86. The molecule has 8 nitrogen and oxygen atoms in total. The average molecular weight is 455 g/mol. The molecular weight excluding hydrogens is 433 g/mol. The highest BCUT2D eigenvalue weighted by Gasteiger charge is 2.15. The molecule has 0 saturated carbocycles. The summed E-state index contributed by atoms with van der Waals surface area (Å²) in [6, 6.07) is 13.0. The average Bonchev–Trinajstić information content (AvgIpc) is 3.26. The Morgan fingerprint density at radius 2 is 2.00 bits per heavy atom. The number of rotatable bonds is 6. The highest BCUT2D eigenvalue weighted by molar-refractivity contribution is 6.06. The summed E-state index contributed by atoms with van der Waals surface area (Å²) in [6.45, 7) is 2.70. The van der Waals surface area contributed by atoms with E-state index in [-0.39, 0.29) is 11.8 Å². The number of hydrogen-bond donors (Lipinski definition) is 2. The standard InChI is InChI=1S/C25H22FN7O/c1-15(17-4-3-5-18-19(25(34)27-2)6-8-28-24(17)18)12-29-22-11-20(31-14-32-22)16-7-9-33-21(26)13-30-23(33)10-16/h3-11,13-15H,12H2,1-2H3,(H,27,34)(H,29,31,32). The van der Waals surface area contributed by atoms with Gasteiger partial charge in [0.15, 0.2) is 0 Å². The lowest BCUT2D eigenvalue weighted by Gasteiger charge is -2.16. The predicted octanol–water partition coefficient (Wildman–Crippen LogP) is 4.05. The van der Waals surface area contributed by atoms with E-state index < -0.39 is 5.95 Å². The van der Waals surface area contributed by atoms with Crippen molar-refractivity contribution in [2.45, 2.75) is 12.8 Å². The molecule has 4 heterocycles. The molecule has 1 aromatic carbocycles. The van der Waals surface area contributed by atoms with Gasteiger partial charge in [-0.2, -0.15) is 4.39 Å². The Kier molecular flexibility index (Phi) is 5.59. The van der Waals surface area contributed by atoms with Gasteiger partial charge in [-0.25, -0.2) is 15.0 Å². The van der Waals surface area contributed by atoms with E-state index in [1.165, 1.54) is 16.9 Å². The lowest BCUT2D eigenvalue weighted by molar-refractivity contribution is 0.0964. The summed E-state index contributed by atoms with van der Waals surface area (Å²) < 4.78 is 15.1. The second-order valence-electron chi connectivity index (χ2n) is 7.98. The molecule has 0 spiro atoms. The minimum atomic E-state index is -0.411. The number of pyridine rings is 2. The van der Waals surface area contributed by atoms with Gasteiger partial charge in [-0.05, 0) is 23.8 Å². The van der Waals surface area contributed by atoms with Crippen LogP contribution < -0.4 is 10.6 Å². The molecule has 0 radical (unpaired) electrons. The Morgan fingerprint density at radius 3 is 2.85 bits per heavy atom. The molecule has 0 fully saturated rings. The zero-order valence-electron chi connectivity index (χ0n) is 18.7. The van der Waals surface area contributed by atoms with Gasteiger partial charge in [0.05, 0.1) is 23.0 Å². The number of hydrogen-bond acceptors (Lipinski definition) is 6. The number of carbonyl (C=O) groups is 1. The second-order valence-corrected chi connectivity index (χ2v) is 7.98. The largest absolute Gasteiger partial charge is 0.369 e. The number of carbonyl (C=O) groups excluding carboxylic acids is 1. The maximum absolute atomic E-state index is 13.7. The van der Waals surface area contributed by atoms with Gasteiger partial charge in [-0.1, -0.05) is 25.1 Å². The summed E-state index contributed by atoms with van der Waals surface area (Å²) in [5.74, 6) is 0.218. The van der Waals surface area contributed by atoms with Crippen LogP contribution in [0, 0.1) is 5.95 Å². The topological polar surface area (TPSA) is 97.1 Å². The monoisotopic (exact) mass is 455 g/mol. The van der Waals surface area contributed by atoms with Crippen LogP contribution in [0.15, 0.2) is 67.4 Å². The van der Waals surface area contributed by atoms with Crippen molar-refractivity contribution in [1.29, 1.82) is 0 Å². The van der Waals surface area contributed by atoms with E-state index in [4.69, 9.17) is 0 Å². The van der Waals surface area contributed by atoms with Gasteiger partial charge >= 0.3 is 0 Å². The molecule has 9 heteroatoms. The minimum Gasteiger partial charge on any atom is -0.369 e. The van der Waals surface area contributed by atoms with E-state index in [9.17, 15) is 9.18 Å². The van der Waals surface area contributed by atoms with Crippen LogP contribution in [0.25, 0.3) is 27.8 Å². The Hall–Kier alpha value is -4.40. The third-order valence-electron chi connectivity index (χ3n) is 5.83. The quantitative estimate of drug-likeness (QED) is 0.401. The number of aromatic nitrogens is 5. The molecular formula is C25H22FN7O. The first-order valence-corrected chi connectivity index (χ1v) is 10.8. The highest BCUT2D eigenvalue weighted by Crippen LogP contribution is 2.27. The van der Waals surface area contributed by atoms with E-state index in [0.717, 1.165) is 22.0 Å². The molecule has 5 rings (SSSR count). The zero-order chi connectivity index (χ0) is 23.7. The minimum absolute atomic E-state index is 0.0961. The number of para-hydroxylation sites is 1. The van der Waals surface area contributed by atoms with Crippen LogP contribution in [0.4, 0.5) is 10.2 Å². The molecule has 4 aromatic heterocycles. The maximum atomic E-state index is 13.7. The first kappa shape index (κ1) is 21.4. The molecule has 0 aliphatic carbocycles. The van der Waals surface area contributed by atoms with Gasteiger partial charge in [-0.15, -0.1) is 0 Å². The van der Waals surface area contributed by atoms with Crippen LogP contribution in [0.1, 0.15) is 28.8 Å². The van der Waals surface area contributed by atoms with Gasteiger partial charge in [0, 0.05) is 48.9 Å². The third kappa shape index (κ3) is 3.92. The molecule has 170 valence electrons. The number of halogens is 1. The molecule has 1 atom stereocenters. The number of fused-ring (bicyclic) bond motifs is 2. The normalized spacial score (nSPS) is 12.1. The van der Waals surface area contributed by atoms with Crippen molar-refractivity contribution in [3.05, 3.63) is 84.5 Å². The van der Waals surface area contributed by atoms with E-state index in [1.54, 1.807) is 37.6 Å². The molecule has 1 amide bonds. The van der Waals surface area contributed by atoms with Gasteiger partial charge in [0.1, 0.15) is 17.8 Å².